The first-order chi connectivity index (χ1) is 14.2. The van der Waals surface area contributed by atoms with Gasteiger partial charge in [0.15, 0.2) is 0 Å². The number of rotatable bonds is 4. The van der Waals surface area contributed by atoms with Gasteiger partial charge < -0.3 is 14.0 Å². The van der Waals surface area contributed by atoms with Crippen molar-refractivity contribution in [2.75, 3.05) is 13.1 Å². The van der Waals surface area contributed by atoms with E-state index in [0.29, 0.717) is 38.5 Å². The van der Waals surface area contributed by atoms with Gasteiger partial charge in [-0.15, -0.1) is 10.2 Å². The Balaban J connectivity index is 1.38. The molecule has 148 valence electrons. The number of hydrogen-bond acceptors (Lipinski definition) is 5. The summed E-state index contributed by atoms with van der Waals surface area (Å²) >= 11 is 0. The number of hydrogen-bond donors (Lipinski definition) is 0. The number of aromatic nitrogens is 5. The summed E-state index contributed by atoms with van der Waals surface area (Å²) in [5, 5.41) is 7.55. The van der Waals surface area contributed by atoms with Crippen LogP contribution in [-0.4, -0.2) is 48.2 Å². The predicted molar refractivity (Wildman–Crippen MR) is 106 cm³/mol. The zero-order chi connectivity index (χ0) is 19.8. The molecule has 0 spiro atoms. The van der Waals surface area contributed by atoms with Gasteiger partial charge >= 0.3 is 0 Å². The third kappa shape index (κ3) is 3.46. The first-order valence-electron chi connectivity index (χ1n) is 9.94. The van der Waals surface area contributed by atoms with E-state index in [2.05, 4.69) is 21.2 Å². The number of aryl methyl sites for hydroxylation is 1. The number of piperidine rings is 1. The Bertz CT molecular complexity index is 1080. The van der Waals surface area contributed by atoms with Gasteiger partial charge in [-0.3, -0.25) is 14.6 Å². The largest absolute Gasteiger partial charge is 0.342 e. The van der Waals surface area contributed by atoms with E-state index in [1.807, 2.05) is 32.2 Å². The van der Waals surface area contributed by atoms with E-state index in [1.54, 1.807) is 24.9 Å². The molecule has 1 saturated heterocycles. The van der Waals surface area contributed by atoms with Crippen molar-refractivity contribution in [1.29, 1.82) is 0 Å². The molecule has 0 aliphatic carbocycles. The van der Waals surface area contributed by atoms with Gasteiger partial charge in [-0.25, -0.2) is 0 Å². The molecule has 2 bridgehead atoms. The summed E-state index contributed by atoms with van der Waals surface area (Å²) in [4.78, 5) is 31.9. The van der Waals surface area contributed by atoms with Crippen LogP contribution in [0.1, 0.15) is 24.5 Å². The van der Waals surface area contributed by atoms with Crippen LogP contribution < -0.4 is 5.56 Å². The van der Waals surface area contributed by atoms with Gasteiger partial charge in [0, 0.05) is 62.0 Å². The molecule has 1 amide bonds. The molecule has 2 aliphatic heterocycles. The van der Waals surface area contributed by atoms with Crippen LogP contribution in [0.25, 0.3) is 11.3 Å². The molecule has 2 aliphatic rings. The van der Waals surface area contributed by atoms with Crippen LogP contribution in [-0.2, 0) is 17.9 Å². The Morgan fingerprint density at radius 1 is 1.10 bits per heavy atom. The fourth-order valence-electron chi connectivity index (χ4n) is 4.56. The normalized spacial score (nSPS) is 20.3. The summed E-state index contributed by atoms with van der Waals surface area (Å²) in [6, 6.07) is 9.46. The topological polar surface area (TPSA) is 85.9 Å². The molecule has 3 aromatic rings. The highest BCUT2D eigenvalue weighted by Crippen LogP contribution is 2.36. The van der Waals surface area contributed by atoms with Crippen molar-refractivity contribution >= 4 is 5.91 Å². The van der Waals surface area contributed by atoms with Gasteiger partial charge in [-0.05, 0) is 30.5 Å². The Kier molecular flexibility index (Phi) is 4.46. The highest BCUT2D eigenvalue weighted by molar-refractivity contribution is 5.76. The van der Waals surface area contributed by atoms with E-state index in [-0.39, 0.29) is 17.4 Å². The van der Waals surface area contributed by atoms with E-state index < -0.39 is 0 Å². The van der Waals surface area contributed by atoms with Crippen molar-refractivity contribution < 1.29 is 4.79 Å². The maximum Gasteiger partial charge on any atom is 0.251 e. The van der Waals surface area contributed by atoms with E-state index in [1.165, 1.54) is 0 Å². The summed E-state index contributed by atoms with van der Waals surface area (Å²) < 4.78 is 3.71. The van der Waals surface area contributed by atoms with Crippen molar-refractivity contribution in [3.63, 3.8) is 0 Å². The number of likely N-dealkylation sites (tertiary alicyclic amines) is 1. The van der Waals surface area contributed by atoms with Crippen molar-refractivity contribution in [3.8, 4) is 11.3 Å². The monoisotopic (exact) mass is 390 g/mol. The summed E-state index contributed by atoms with van der Waals surface area (Å²) in [5.41, 5.74) is 2.68. The van der Waals surface area contributed by atoms with Gasteiger partial charge in [0.05, 0.1) is 5.69 Å². The van der Waals surface area contributed by atoms with Crippen molar-refractivity contribution in [2.45, 2.75) is 31.8 Å². The molecular formula is C21H22N6O2. The maximum absolute atomic E-state index is 12.8. The average Bonchev–Trinajstić information content (AvgIpc) is 3.27. The lowest BCUT2D eigenvalue weighted by molar-refractivity contribution is -0.134. The fourth-order valence-corrected chi connectivity index (χ4v) is 4.56. The Morgan fingerprint density at radius 2 is 1.97 bits per heavy atom. The van der Waals surface area contributed by atoms with Crippen LogP contribution in [0.5, 0.6) is 0 Å². The van der Waals surface area contributed by atoms with Crippen LogP contribution in [0.2, 0.25) is 0 Å². The van der Waals surface area contributed by atoms with Gasteiger partial charge in [0.1, 0.15) is 12.7 Å². The Labute approximate surface area is 167 Å². The molecule has 0 saturated carbocycles. The molecule has 3 aromatic heterocycles. The summed E-state index contributed by atoms with van der Waals surface area (Å²) in [6.07, 6.45) is 6.43. The van der Waals surface area contributed by atoms with Crippen molar-refractivity contribution in [2.24, 2.45) is 5.92 Å². The first-order valence-corrected chi connectivity index (χ1v) is 9.94. The van der Waals surface area contributed by atoms with Gasteiger partial charge in [-0.1, -0.05) is 6.07 Å². The van der Waals surface area contributed by atoms with Crippen LogP contribution in [0.15, 0.2) is 54.0 Å². The van der Waals surface area contributed by atoms with Crippen molar-refractivity contribution in [3.05, 3.63) is 65.2 Å². The number of amides is 1. The number of carbonyl (C=O) groups is 1. The third-order valence-corrected chi connectivity index (χ3v) is 5.92. The summed E-state index contributed by atoms with van der Waals surface area (Å²) in [5.74, 6) is 0.640. The second-order valence-electron chi connectivity index (χ2n) is 7.88. The lowest BCUT2D eigenvalue weighted by Gasteiger charge is -2.43. The molecule has 0 N–H and O–H groups in total. The standard InChI is InChI=1S/C21H22N6O2/c28-20(4-6-25-13-23-24-14-25)26-10-15-7-17(12-26)19-8-16(9-21(29)27(19)11-15)18-3-1-2-5-22-18/h1-3,5,8-9,13-15,17H,4,6-7,10-12H2/t15-,17+/m0/s1. The highest BCUT2D eigenvalue weighted by Gasteiger charge is 2.36. The second kappa shape index (κ2) is 7.27. The number of fused-ring (bicyclic) bond motifs is 4. The van der Waals surface area contributed by atoms with Crippen LogP contribution in [0.3, 0.4) is 0 Å². The molecular weight excluding hydrogens is 368 g/mol. The third-order valence-electron chi connectivity index (χ3n) is 5.92. The average molecular weight is 390 g/mol. The smallest absolute Gasteiger partial charge is 0.251 e. The maximum atomic E-state index is 12.8. The van der Waals surface area contributed by atoms with Crippen LogP contribution in [0, 0.1) is 5.92 Å². The van der Waals surface area contributed by atoms with Gasteiger partial charge in [-0.2, -0.15) is 0 Å². The highest BCUT2D eigenvalue weighted by atomic mass is 16.2. The predicted octanol–water partition coefficient (Wildman–Crippen LogP) is 1.54. The molecule has 5 rings (SSSR count). The lowest BCUT2D eigenvalue weighted by Crippen LogP contribution is -2.49. The van der Waals surface area contributed by atoms with Gasteiger partial charge in [0.2, 0.25) is 5.91 Å². The molecule has 8 nitrogen and oxygen atoms in total. The number of nitrogens with zero attached hydrogens (tertiary/aromatic N) is 6. The SMILES string of the molecule is O=C(CCn1cnnc1)N1C[C@@H]2C[C@H](C1)c1cc(-c3ccccn3)cc(=O)n1C2. The zero-order valence-corrected chi connectivity index (χ0v) is 16.0. The quantitative estimate of drug-likeness (QED) is 0.675. The van der Waals surface area contributed by atoms with E-state index in [0.717, 1.165) is 23.4 Å². The first kappa shape index (κ1) is 17.8. The number of carbonyl (C=O) groups excluding carboxylic acids is 1. The molecule has 1 fully saturated rings. The minimum absolute atomic E-state index is 0.0187. The van der Waals surface area contributed by atoms with E-state index in [9.17, 15) is 9.59 Å². The molecule has 2 atom stereocenters. The summed E-state index contributed by atoms with van der Waals surface area (Å²) in [6.45, 7) is 2.62. The van der Waals surface area contributed by atoms with Crippen LogP contribution in [0.4, 0.5) is 0 Å². The van der Waals surface area contributed by atoms with Crippen LogP contribution >= 0.6 is 0 Å². The van der Waals surface area contributed by atoms with E-state index >= 15 is 0 Å². The minimum atomic E-state index is 0.0187. The molecule has 0 aromatic carbocycles. The summed E-state index contributed by atoms with van der Waals surface area (Å²) in [7, 11) is 0. The Morgan fingerprint density at radius 3 is 2.76 bits per heavy atom. The van der Waals surface area contributed by atoms with E-state index in [4.69, 9.17) is 0 Å². The lowest BCUT2D eigenvalue weighted by atomic mass is 9.82. The Hall–Kier alpha value is -3.29. The second-order valence-corrected chi connectivity index (χ2v) is 7.88. The fraction of sp³-hybridized carbons (Fsp3) is 0.381. The molecule has 5 heterocycles. The van der Waals surface area contributed by atoms with Crippen molar-refractivity contribution in [1.82, 2.24) is 29.2 Å². The molecule has 0 unspecified atom stereocenters. The molecule has 29 heavy (non-hydrogen) atoms. The zero-order valence-electron chi connectivity index (χ0n) is 16.0. The van der Waals surface area contributed by atoms with Gasteiger partial charge in [0.25, 0.3) is 5.56 Å². The number of pyridine rings is 2. The molecule has 0 radical (unpaired) electrons. The minimum Gasteiger partial charge on any atom is -0.342 e. The molecule has 8 heteroatoms.